The number of likely N-dealkylation sites (tertiary alicyclic amines) is 1. The minimum absolute atomic E-state index is 0.433. The lowest BCUT2D eigenvalue weighted by Crippen LogP contribution is -2.34. The summed E-state index contributed by atoms with van der Waals surface area (Å²) in [6.45, 7) is 5.56. The largest absolute Gasteiger partial charge is 0.303 e. The topological polar surface area (TPSA) is 50.5 Å². The quantitative estimate of drug-likeness (QED) is 0.795. The van der Waals surface area contributed by atoms with E-state index in [0.29, 0.717) is 11.7 Å². The third-order valence-corrected chi connectivity index (χ3v) is 4.04. The van der Waals surface area contributed by atoms with Gasteiger partial charge in [-0.3, -0.25) is 4.68 Å². The van der Waals surface area contributed by atoms with Gasteiger partial charge in [-0.05, 0) is 42.8 Å². The van der Waals surface area contributed by atoms with Gasteiger partial charge in [0.15, 0.2) is 0 Å². The second kappa shape index (κ2) is 5.09. The number of hydrogen-bond acceptors (Lipinski definition) is 4. The van der Waals surface area contributed by atoms with Crippen molar-refractivity contribution in [3.63, 3.8) is 0 Å². The lowest BCUT2D eigenvalue weighted by molar-refractivity contribution is 0.190. The van der Waals surface area contributed by atoms with Crippen LogP contribution in [0.5, 0.6) is 0 Å². The number of hydrogen-bond donors (Lipinski definition) is 0. The maximum absolute atomic E-state index is 10.7. The first-order chi connectivity index (χ1) is 9.31. The fourth-order valence-corrected chi connectivity index (χ4v) is 2.85. The number of nitroso groups, excluding NO2 is 1. The van der Waals surface area contributed by atoms with E-state index in [2.05, 4.69) is 26.8 Å². The summed E-state index contributed by atoms with van der Waals surface area (Å²) in [6.07, 6.45) is 4.10. The Balaban J connectivity index is 1.90. The van der Waals surface area contributed by atoms with E-state index in [1.165, 1.54) is 0 Å². The van der Waals surface area contributed by atoms with Crippen molar-refractivity contribution in [2.45, 2.75) is 25.8 Å². The standard InChI is InChI=1S/C14H18N4O/c1-2-17-7-5-13(6-8-17)18-14-9-12(16-19)4-3-11(14)10-15-18/h3-4,9-10,13H,2,5-8H2,1H3. The van der Waals surface area contributed by atoms with E-state index in [1.54, 1.807) is 6.07 Å². The van der Waals surface area contributed by atoms with Crippen LogP contribution in [0.2, 0.25) is 0 Å². The van der Waals surface area contributed by atoms with Crippen LogP contribution in [-0.4, -0.2) is 34.3 Å². The Morgan fingerprint density at radius 2 is 2.16 bits per heavy atom. The van der Waals surface area contributed by atoms with E-state index in [0.717, 1.165) is 43.4 Å². The number of benzene rings is 1. The minimum atomic E-state index is 0.433. The molecule has 1 fully saturated rings. The Labute approximate surface area is 112 Å². The molecule has 1 aliphatic rings. The van der Waals surface area contributed by atoms with Crippen molar-refractivity contribution in [3.8, 4) is 0 Å². The molecular weight excluding hydrogens is 240 g/mol. The SMILES string of the molecule is CCN1CCC(n2ncc3ccc(N=O)cc32)CC1. The van der Waals surface area contributed by atoms with Gasteiger partial charge in [-0.15, -0.1) is 4.91 Å². The first-order valence-electron chi connectivity index (χ1n) is 6.85. The summed E-state index contributed by atoms with van der Waals surface area (Å²) < 4.78 is 2.07. The third kappa shape index (κ3) is 2.26. The lowest BCUT2D eigenvalue weighted by Gasteiger charge is -2.31. The van der Waals surface area contributed by atoms with Gasteiger partial charge in [-0.2, -0.15) is 5.10 Å². The van der Waals surface area contributed by atoms with Gasteiger partial charge in [0, 0.05) is 18.5 Å². The molecule has 0 aliphatic carbocycles. The molecule has 5 nitrogen and oxygen atoms in total. The van der Waals surface area contributed by atoms with Gasteiger partial charge in [-0.1, -0.05) is 6.92 Å². The van der Waals surface area contributed by atoms with Crippen molar-refractivity contribution >= 4 is 16.6 Å². The van der Waals surface area contributed by atoms with Gasteiger partial charge in [0.2, 0.25) is 0 Å². The van der Waals surface area contributed by atoms with E-state index >= 15 is 0 Å². The minimum Gasteiger partial charge on any atom is -0.303 e. The normalized spacial score (nSPS) is 17.9. The molecule has 0 N–H and O–H groups in total. The number of nitrogens with zero attached hydrogens (tertiary/aromatic N) is 4. The van der Waals surface area contributed by atoms with Crippen molar-refractivity contribution in [3.05, 3.63) is 29.3 Å². The van der Waals surface area contributed by atoms with Gasteiger partial charge < -0.3 is 4.90 Å². The lowest BCUT2D eigenvalue weighted by atomic mass is 10.1. The molecule has 1 aromatic carbocycles. The molecule has 0 radical (unpaired) electrons. The van der Waals surface area contributed by atoms with Crippen LogP contribution in [0.1, 0.15) is 25.8 Å². The first-order valence-corrected chi connectivity index (χ1v) is 6.85. The van der Waals surface area contributed by atoms with Crippen molar-refractivity contribution in [1.82, 2.24) is 14.7 Å². The monoisotopic (exact) mass is 258 g/mol. The Morgan fingerprint density at radius 1 is 1.37 bits per heavy atom. The predicted molar refractivity (Wildman–Crippen MR) is 75.6 cm³/mol. The van der Waals surface area contributed by atoms with Crippen LogP contribution < -0.4 is 0 Å². The van der Waals surface area contributed by atoms with Gasteiger partial charge in [0.25, 0.3) is 0 Å². The van der Waals surface area contributed by atoms with Gasteiger partial charge in [0.1, 0.15) is 5.69 Å². The molecule has 19 heavy (non-hydrogen) atoms. The molecule has 3 rings (SSSR count). The molecule has 0 bridgehead atoms. The molecule has 1 aromatic heterocycles. The van der Waals surface area contributed by atoms with Crippen molar-refractivity contribution < 1.29 is 0 Å². The van der Waals surface area contributed by atoms with Crippen molar-refractivity contribution in [2.75, 3.05) is 19.6 Å². The molecule has 0 saturated carbocycles. The van der Waals surface area contributed by atoms with Crippen LogP contribution in [-0.2, 0) is 0 Å². The molecule has 1 saturated heterocycles. The maximum atomic E-state index is 10.7. The van der Waals surface area contributed by atoms with Crippen LogP contribution in [0.15, 0.2) is 29.6 Å². The van der Waals surface area contributed by atoms with E-state index in [4.69, 9.17) is 0 Å². The van der Waals surface area contributed by atoms with Gasteiger partial charge in [-0.25, -0.2) is 0 Å². The fraction of sp³-hybridized carbons (Fsp3) is 0.500. The van der Waals surface area contributed by atoms with E-state index < -0.39 is 0 Å². The smallest absolute Gasteiger partial charge is 0.110 e. The van der Waals surface area contributed by atoms with E-state index in [-0.39, 0.29) is 0 Å². The summed E-state index contributed by atoms with van der Waals surface area (Å²) in [6, 6.07) is 5.92. The summed E-state index contributed by atoms with van der Waals surface area (Å²) in [4.78, 5) is 13.1. The molecule has 2 heterocycles. The number of rotatable bonds is 3. The van der Waals surface area contributed by atoms with Crippen molar-refractivity contribution in [2.24, 2.45) is 5.18 Å². The Bertz CT molecular complexity index is 584. The summed E-state index contributed by atoms with van der Waals surface area (Å²) >= 11 is 0. The van der Waals surface area contributed by atoms with Crippen LogP contribution in [0.4, 0.5) is 5.69 Å². The molecule has 2 aromatic rings. The molecule has 0 amide bonds. The van der Waals surface area contributed by atoms with Crippen LogP contribution in [0.25, 0.3) is 10.9 Å². The summed E-state index contributed by atoms with van der Waals surface area (Å²) in [5.74, 6) is 0. The average molecular weight is 258 g/mol. The highest BCUT2D eigenvalue weighted by molar-refractivity contribution is 5.81. The highest BCUT2D eigenvalue weighted by Gasteiger charge is 2.21. The second-order valence-electron chi connectivity index (χ2n) is 5.09. The van der Waals surface area contributed by atoms with Gasteiger partial charge >= 0.3 is 0 Å². The highest BCUT2D eigenvalue weighted by Crippen LogP contribution is 2.28. The third-order valence-electron chi connectivity index (χ3n) is 4.04. The van der Waals surface area contributed by atoms with Crippen LogP contribution in [0, 0.1) is 4.91 Å². The molecule has 0 unspecified atom stereocenters. The summed E-state index contributed by atoms with van der Waals surface area (Å²) in [7, 11) is 0. The van der Waals surface area contributed by atoms with Crippen LogP contribution >= 0.6 is 0 Å². The Hall–Kier alpha value is -1.75. The first kappa shape index (κ1) is 12.3. The highest BCUT2D eigenvalue weighted by atomic mass is 16.3. The molecule has 100 valence electrons. The molecule has 5 heteroatoms. The Kier molecular flexibility index (Phi) is 3.29. The molecule has 1 aliphatic heterocycles. The Morgan fingerprint density at radius 3 is 2.84 bits per heavy atom. The van der Waals surface area contributed by atoms with E-state index in [1.807, 2.05) is 18.3 Å². The number of piperidine rings is 1. The summed E-state index contributed by atoms with van der Waals surface area (Å²) in [5.41, 5.74) is 1.49. The van der Waals surface area contributed by atoms with E-state index in [9.17, 15) is 4.91 Å². The maximum Gasteiger partial charge on any atom is 0.110 e. The molecular formula is C14H18N4O. The average Bonchev–Trinajstić information content (AvgIpc) is 2.90. The van der Waals surface area contributed by atoms with Gasteiger partial charge in [0.05, 0.1) is 17.8 Å². The number of aromatic nitrogens is 2. The van der Waals surface area contributed by atoms with Crippen LogP contribution in [0.3, 0.4) is 0 Å². The number of fused-ring (bicyclic) bond motifs is 1. The molecule has 0 spiro atoms. The predicted octanol–water partition coefficient (Wildman–Crippen LogP) is 3.09. The molecule has 0 atom stereocenters. The zero-order chi connectivity index (χ0) is 13.2. The zero-order valence-electron chi connectivity index (χ0n) is 11.1. The van der Waals surface area contributed by atoms with Crippen molar-refractivity contribution in [1.29, 1.82) is 0 Å². The fourth-order valence-electron chi connectivity index (χ4n) is 2.85. The zero-order valence-corrected chi connectivity index (χ0v) is 11.1. The second-order valence-corrected chi connectivity index (χ2v) is 5.09. The summed E-state index contributed by atoms with van der Waals surface area (Å²) in [5, 5.41) is 8.59.